The molecule has 13 heavy (non-hydrogen) atoms. The van der Waals surface area contributed by atoms with Crippen LogP contribution in [0, 0.1) is 5.92 Å². The molecule has 2 nitrogen and oxygen atoms in total. The molecule has 0 amide bonds. The Labute approximate surface area is 86.2 Å². The van der Waals surface area contributed by atoms with Crippen LogP contribution in [0.1, 0.15) is 19.8 Å². The van der Waals surface area contributed by atoms with Gasteiger partial charge < -0.3 is 10.6 Å². The molecule has 0 saturated carbocycles. The minimum Gasteiger partial charge on any atom is -0.328 e. The van der Waals surface area contributed by atoms with Crippen LogP contribution in [0.3, 0.4) is 0 Å². The average Bonchev–Trinajstić information content (AvgIpc) is 2.15. The van der Waals surface area contributed by atoms with E-state index in [1.807, 2.05) is 11.8 Å². The maximum absolute atomic E-state index is 5.89. The normalized spacial score (nSPS) is 23.3. The van der Waals surface area contributed by atoms with Crippen LogP contribution in [0.2, 0.25) is 0 Å². The Morgan fingerprint density at radius 3 is 2.54 bits per heavy atom. The highest BCUT2D eigenvalue weighted by Gasteiger charge is 2.20. The van der Waals surface area contributed by atoms with Crippen LogP contribution in [0.4, 0.5) is 0 Å². The molecule has 1 fully saturated rings. The highest BCUT2D eigenvalue weighted by atomic mass is 32.2. The number of hydrogen-bond donors (Lipinski definition) is 1. The highest BCUT2D eigenvalue weighted by molar-refractivity contribution is 7.98. The zero-order valence-corrected chi connectivity index (χ0v) is 9.65. The summed E-state index contributed by atoms with van der Waals surface area (Å²) in [5, 5.41) is 0. The van der Waals surface area contributed by atoms with Gasteiger partial charge in [-0.25, -0.2) is 0 Å². The van der Waals surface area contributed by atoms with E-state index in [-0.39, 0.29) is 0 Å². The average molecular weight is 202 g/mol. The molecule has 3 heteroatoms. The van der Waals surface area contributed by atoms with Crippen molar-refractivity contribution in [3.63, 3.8) is 0 Å². The Morgan fingerprint density at radius 2 is 2.08 bits per heavy atom. The van der Waals surface area contributed by atoms with Crippen LogP contribution in [0.25, 0.3) is 0 Å². The van der Waals surface area contributed by atoms with E-state index in [0.29, 0.717) is 6.04 Å². The lowest BCUT2D eigenvalue weighted by Gasteiger charge is -2.33. The van der Waals surface area contributed by atoms with Gasteiger partial charge in [0.25, 0.3) is 0 Å². The lowest BCUT2D eigenvalue weighted by atomic mass is 9.91. The molecule has 1 atom stereocenters. The van der Waals surface area contributed by atoms with E-state index in [9.17, 15) is 0 Å². The van der Waals surface area contributed by atoms with Crippen LogP contribution in [-0.2, 0) is 0 Å². The van der Waals surface area contributed by atoms with Gasteiger partial charge in [-0.15, -0.1) is 0 Å². The van der Waals surface area contributed by atoms with Crippen LogP contribution >= 0.6 is 11.8 Å². The number of thioether (sulfide) groups is 1. The van der Waals surface area contributed by atoms with Crippen molar-refractivity contribution in [2.24, 2.45) is 11.7 Å². The fraction of sp³-hybridized carbons (Fsp3) is 1.00. The molecule has 0 radical (unpaired) electrons. The van der Waals surface area contributed by atoms with E-state index in [0.717, 1.165) is 5.92 Å². The lowest BCUT2D eigenvalue weighted by molar-refractivity contribution is 0.181. The zero-order valence-electron chi connectivity index (χ0n) is 8.83. The fourth-order valence-corrected chi connectivity index (χ4v) is 2.36. The van der Waals surface area contributed by atoms with Gasteiger partial charge in [0.05, 0.1) is 0 Å². The van der Waals surface area contributed by atoms with Crippen LogP contribution < -0.4 is 5.73 Å². The summed E-state index contributed by atoms with van der Waals surface area (Å²) in [5.74, 6) is 2.04. The summed E-state index contributed by atoms with van der Waals surface area (Å²) in [5.41, 5.74) is 5.89. The maximum atomic E-state index is 5.89. The SMILES string of the molecule is CSCCN1CCC(C(C)N)CC1. The zero-order chi connectivity index (χ0) is 9.68. The Morgan fingerprint density at radius 1 is 1.46 bits per heavy atom. The summed E-state index contributed by atoms with van der Waals surface area (Å²) >= 11 is 1.94. The predicted molar refractivity (Wildman–Crippen MR) is 61.2 cm³/mol. The molecule has 0 bridgehead atoms. The van der Waals surface area contributed by atoms with Gasteiger partial charge in [-0.2, -0.15) is 11.8 Å². The van der Waals surface area contributed by atoms with E-state index in [2.05, 4.69) is 18.1 Å². The minimum atomic E-state index is 0.391. The maximum Gasteiger partial charge on any atom is 0.00722 e. The van der Waals surface area contributed by atoms with Crippen molar-refractivity contribution in [3.8, 4) is 0 Å². The lowest BCUT2D eigenvalue weighted by Crippen LogP contribution is -2.40. The van der Waals surface area contributed by atoms with Crippen molar-refractivity contribution in [1.82, 2.24) is 4.90 Å². The molecule has 1 unspecified atom stereocenters. The summed E-state index contributed by atoms with van der Waals surface area (Å²) in [6.45, 7) is 5.91. The van der Waals surface area contributed by atoms with Gasteiger partial charge in [0, 0.05) is 18.3 Å². The summed E-state index contributed by atoms with van der Waals surface area (Å²) in [4.78, 5) is 2.56. The second kappa shape index (κ2) is 5.89. The van der Waals surface area contributed by atoms with Gasteiger partial charge in [-0.05, 0) is 45.0 Å². The molecule has 1 aliphatic heterocycles. The first-order valence-electron chi connectivity index (χ1n) is 5.21. The molecule has 1 heterocycles. The first-order valence-corrected chi connectivity index (χ1v) is 6.60. The summed E-state index contributed by atoms with van der Waals surface area (Å²) in [6, 6.07) is 0.391. The third-order valence-corrected chi connectivity index (χ3v) is 3.58. The van der Waals surface area contributed by atoms with Crippen molar-refractivity contribution in [1.29, 1.82) is 0 Å². The molecule has 0 spiro atoms. The van der Waals surface area contributed by atoms with E-state index in [1.165, 1.54) is 38.2 Å². The van der Waals surface area contributed by atoms with Crippen LogP contribution in [0.15, 0.2) is 0 Å². The van der Waals surface area contributed by atoms with Crippen molar-refractivity contribution >= 4 is 11.8 Å². The Kier molecular flexibility index (Phi) is 5.14. The largest absolute Gasteiger partial charge is 0.328 e. The molecule has 0 aliphatic carbocycles. The van der Waals surface area contributed by atoms with Crippen molar-refractivity contribution in [3.05, 3.63) is 0 Å². The van der Waals surface area contributed by atoms with Gasteiger partial charge >= 0.3 is 0 Å². The highest BCUT2D eigenvalue weighted by Crippen LogP contribution is 2.19. The molecule has 1 saturated heterocycles. The predicted octanol–water partition coefficient (Wildman–Crippen LogP) is 1.41. The van der Waals surface area contributed by atoms with Gasteiger partial charge in [-0.3, -0.25) is 0 Å². The number of piperidine rings is 1. The van der Waals surface area contributed by atoms with Gasteiger partial charge in [0.15, 0.2) is 0 Å². The summed E-state index contributed by atoms with van der Waals surface area (Å²) in [6.07, 6.45) is 4.77. The van der Waals surface area contributed by atoms with Gasteiger partial charge in [-0.1, -0.05) is 0 Å². The fourth-order valence-electron chi connectivity index (χ4n) is 1.92. The van der Waals surface area contributed by atoms with Crippen molar-refractivity contribution in [2.45, 2.75) is 25.8 Å². The van der Waals surface area contributed by atoms with Gasteiger partial charge in [0.1, 0.15) is 0 Å². The Hall–Kier alpha value is 0.270. The topological polar surface area (TPSA) is 29.3 Å². The third kappa shape index (κ3) is 3.88. The molecule has 0 aromatic rings. The molecule has 78 valence electrons. The first kappa shape index (κ1) is 11.3. The van der Waals surface area contributed by atoms with E-state index in [4.69, 9.17) is 5.73 Å². The number of likely N-dealkylation sites (tertiary alicyclic amines) is 1. The number of rotatable bonds is 4. The quantitative estimate of drug-likeness (QED) is 0.747. The smallest absolute Gasteiger partial charge is 0.00722 e. The molecule has 1 rings (SSSR count). The molecule has 0 aromatic carbocycles. The van der Waals surface area contributed by atoms with Gasteiger partial charge in [0.2, 0.25) is 0 Å². The number of nitrogens with two attached hydrogens (primary N) is 1. The van der Waals surface area contributed by atoms with Crippen LogP contribution in [0.5, 0.6) is 0 Å². The minimum absolute atomic E-state index is 0.391. The van der Waals surface area contributed by atoms with Crippen molar-refractivity contribution in [2.75, 3.05) is 31.6 Å². The number of hydrogen-bond acceptors (Lipinski definition) is 3. The molecule has 2 N–H and O–H groups in total. The molecular formula is C10H22N2S. The van der Waals surface area contributed by atoms with Crippen LogP contribution in [-0.4, -0.2) is 42.6 Å². The summed E-state index contributed by atoms with van der Waals surface area (Å²) < 4.78 is 0. The van der Waals surface area contributed by atoms with E-state index >= 15 is 0 Å². The summed E-state index contributed by atoms with van der Waals surface area (Å²) in [7, 11) is 0. The van der Waals surface area contributed by atoms with E-state index < -0.39 is 0 Å². The Balaban J connectivity index is 2.15. The van der Waals surface area contributed by atoms with E-state index in [1.54, 1.807) is 0 Å². The molecule has 1 aliphatic rings. The standard InChI is InChI=1S/C10H22N2S/c1-9(11)10-3-5-12(6-4-10)7-8-13-2/h9-10H,3-8,11H2,1-2H3. The Bertz CT molecular complexity index is 131. The second-order valence-electron chi connectivity index (χ2n) is 4.03. The molecule has 0 aromatic heterocycles. The third-order valence-electron chi connectivity index (χ3n) is 2.99. The monoisotopic (exact) mass is 202 g/mol. The number of nitrogens with zero attached hydrogens (tertiary/aromatic N) is 1. The van der Waals surface area contributed by atoms with Crippen molar-refractivity contribution < 1.29 is 0 Å². The first-order chi connectivity index (χ1) is 6.24. The molecular weight excluding hydrogens is 180 g/mol. The second-order valence-corrected chi connectivity index (χ2v) is 5.02.